The fraction of sp³-hybridized carbons (Fsp3) is 0.600. The van der Waals surface area contributed by atoms with Gasteiger partial charge in [-0.05, 0) is 0 Å². The van der Waals surface area contributed by atoms with Gasteiger partial charge in [0.1, 0.15) is 5.82 Å². The zero-order valence-electron chi connectivity index (χ0n) is 7.99. The predicted octanol–water partition coefficient (Wildman–Crippen LogP) is 0.953. The lowest BCUT2D eigenvalue weighted by atomic mass is 10.1. The van der Waals surface area contributed by atoms with E-state index in [1.807, 2.05) is 18.0 Å². The molecule has 0 bridgehead atoms. The van der Waals surface area contributed by atoms with Crippen molar-refractivity contribution in [3.05, 3.63) is 23.3 Å². The number of aromatic nitrogens is 2. The first-order valence-electron chi connectivity index (χ1n) is 5.06. The summed E-state index contributed by atoms with van der Waals surface area (Å²) in [6, 6.07) is 0. The molecule has 0 amide bonds. The molecule has 4 heteroatoms. The number of nitrogens with one attached hydrogen (secondary N) is 1. The van der Waals surface area contributed by atoms with Gasteiger partial charge in [0.15, 0.2) is 0 Å². The highest BCUT2D eigenvalue weighted by atomic mass is 32.2. The zero-order chi connectivity index (χ0) is 9.38. The molecule has 0 aromatic carbocycles. The van der Waals surface area contributed by atoms with Crippen LogP contribution in [0.25, 0.3) is 0 Å². The minimum absolute atomic E-state index is 0.625. The summed E-state index contributed by atoms with van der Waals surface area (Å²) < 4.78 is 0. The minimum Gasteiger partial charge on any atom is -0.312 e. The van der Waals surface area contributed by atoms with Gasteiger partial charge in [-0.25, -0.2) is 9.97 Å². The first kappa shape index (κ1) is 8.68. The van der Waals surface area contributed by atoms with Gasteiger partial charge < -0.3 is 5.32 Å². The van der Waals surface area contributed by atoms with Crippen molar-refractivity contribution in [1.29, 1.82) is 0 Å². The molecule has 1 aromatic heterocycles. The second-order valence-corrected chi connectivity index (χ2v) is 4.94. The van der Waals surface area contributed by atoms with Crippen molar-refractivity contribution in [2.75, 3.05) is 18.1 Å². The molecule has 1 N–H and O–H groups in total. The highest BCUT2D eigenvalue weighted by Crippen LogP contribution is 2.32. The SMILES string of the molecule is c1nc(C2CSC2)nc2c1CNCC2. The van der Waals surface area contributed by atoms with E-state index in [2.05, 4.69) is 15.3 Å². The summed E-state index contributed by atoms with van der Waals surface area (Å²) >= 11 is 1.99. The minimum atomic E-state index is 0.625. The van der Waals surface area contributed by atoms with Crippen LogP contribution in [0.3, 0.4) is 0 Å². The maximum Gasteiger partial charge on any atom is 0.133 e. The van der Waals surface area contributed by atoms with E-state index in [1.165, 1.54) is 22.8 Å². The van der Waals surface area contributed by atoms with Crippen LogP contribution in [0.4, 0.5) is 0 Å². The summed E-state index contributed by atoms with van der Waals surface area (Å²) in [4.78, 5) is 9.12. The van der Waals surface area contributed by atoms with E-state index in [1.54, 1.807) is 0 Å². The molecule has 2 aliphatic rings. The zero-order valence-corrected chi connectivity index (χ0v) is 8.81. The molecule has 14 heavy (non-hydrogen) atoms. The molecule has 0 spiro atoms. The van der Waals surface area contributed by atoms with Crippen LogP contribution in [0.15, 0.2) is 6.20 Å². The van der Waals surface area contributed by atoms with Crippen LogP contribution >= 0.6 is 11.8 Å². The smallest absolute Gasteiger partial charge is 0.133 e. The van der Waals surface area contributed by atoms with Crippen molar-refractivity contribution in [1.82, 2.24) is 15.3 Å². The third-order valence-corrected chi connectivity index (χ3v) is 4.11. The van der Waals surface area contributed by atoms with E-state index in [-0.39, 0.29) is 0 Å². The third kappa shape index (κ3) is 1.42. The molecule has 0 unspecified atom stereocenters. The van der Waals surface area contributed by atoms with Crippen LogP contribution in [0.1, 0.15) is 23.0 Å². The Kier molecular flexibility index (Phi) is 2.18. The Hall–Kier alpha value is -0.610. The largest absolute Gasteiger partial charge is 0.312 e. The molecular formula is C10H13N3S. The Morgan fingerprint density at radius 3 is 3.14 bits per heavy atom. The summed E-state index contributed by atoms with van der Waals surface area (Å²) in [6.45, 7) is 2.00. The first-order chi connectivity index (χ1) is 6.93. The molecule has 1 aromatic rings. The van der Waals surface area contributed by atoms with Gasteiger partial charge in [-0.1, -0.05) is 0 Å². The van der Waals surface area contributed by atoms with Crippen molar-refractivity contribution in [2.24, 2.45) is 0 Å². The van der Waals surface area contributed by atoms with Crippen LogP contribution < -0.4 is 5.32 Å². The van der Waals surface area contributed by atoms with Crippen molar-refractivity contribution in [3.63, 3.8) is 0 Å². The topological polar surface area (TPSA) is 37.8 Å². The summed E-state index contributed by atoms with van der Waals surface area (Å²) in [5.74, 6) is 4.11. The molecule has 0 aliphatic carbocycles. The second kappa shape index (κ2) is 3.51. The maximum atomic E-state index is 4.67. The molecule has 1 fully saturated rings. The van der Waals surface area contributed by atoms with Crippen LogP contribution in [-0.2, 0) is 13.0 Å². The number of thioether (sulfide) groups is 1. The van der Waals surface area contributed by atoms with E-state index >= 15 is 0 Å². The highest BCUT2D eigenvalue weighted by Gasteiger charge is 2.24. The molecule has 74 valence electrons. The quantitative estimate of drug-likeness (QED) is 0.744. The molecule has 1 saturated heterocycles. The van der Waals surface area contributed by atoms with Gasteiger partial charge in [0.05, 0.1) is 0 Å². The van der Waals surface area contributed by atoms with Gasteiger partial charge in [0.25, 0.3) is 0 Å². The Morgan fingerprint density at radius 2 is 2.36 bits per heavy atom. The molecule has 0 radical (unpaired) electrons. The van der Waals surface area contributed by atoms with Crippen LogP contribution in [-0.4, -0.2) is 28.0 Å². The molecule has 3 nitrogen and oxygen atoms in total. The Morgan fingerprint density at radius 1 is 1.43 bits per heavy atom. The molecule has 2 aliphatic heterocycles. The van der Waals surface area contributed by atoms with Crippen molar-refractivity contribution in [3.8, 4) is 0 Å². The Bertz CT molecular complexity index is 349. The van der Waals surface area contributed by atoms with E-state index in [4.69, 9.17) is 0 Å². The normalized spacial score (nSPS) is 21.4. The standard InChI is InChI=1S/C10H13N3S/c1-2-11-3-7-4-12-10(13-9(1)7)8-5-14-6-8/h4,8,11H,1-3,5-6H2. The van der Waals surface area contributed by atoms with Crippen LogP contribution in [0, 0.1) is 0 Å². The van der Waals surface area contributed by atoms with E-state index < -0.39 is 0 Å². The predicted molar refractivity (Wildman–Crippen MR) is 57.5 cm³/mol. The molecule has 0 saturated carbocycles. The molecule has 0 atom stereocenters. The average Bonchev–Trinajstić information content (AvgIpc) is 2.15. The monoisotopic (exact) mass is 207 g/mol. The Labute approximate surface area is 87.7 Å². The van der Waals surface area contributed by atoms with Gasteiger partial charge in [0, 0.05) is 54.4 Å². The summed E-state index contributed by atoms with van der Waals surface area (Å²) in [5, 5.41) is 3.33. The highest BCUT2D eigenvalue weighted by molar-refractivity contribution is 8.00. The van der Waals surface area contributed by atoms with E-state index in [9.17, 15) is 0 Å². The van der Waals surface area contributed by atoms with E-state index in [0.29, 0.717) is 5.92 Å². The molecule has 3 heterocycles. The average molecular weight is 207 g/mol. The van der Waals surface area contributed by atoms with Gasteiger partial charge in [-0.15, -0.1) is 0 Å². The molecule has 3 rings (SSSR count). The van der Waals surface area contributed by atoms with Gasteiger partial charge in [-0.2, -0.15) is 11.8 Å². The van der Waals surface area contributed by atoms with Crippen molar-refractivity contribution < 1.29 is 0 Å². The number of nitrogens with zero attached hydrogens (tertiary/aromatic N) is 2. The van der Waals surface area contributed by atoms with E-state index in [0.717, 1.165) is 25.3 Å². The number of fused-ring (bicyclic) bond motifs is 1. The second-order valence-electron chi connectivity index (χ2n) is 3.86. The first-order valence-corrected chi connectivity index (χ1v) is 6.22. The lowest BCUT2D eigenvalue weighted by Crippen LogP contribution is -2.27. The van der Waals surface area contributed by atoms with Gasteiger partial charge in [-0.3, -0.25) is 0 Å². The van der Waals surface area contributed by atoms with Gasteiger partial charge >= 0.3 is 0 Å². The van der Waals surface area contributed by atoms with Crippen LogP contribution in [0.5, 0.6) is 0 Å². The number of hydrogen-bond acceptors (Lipinski definition) is 4. The summed E-state index contributed by atoms with van der Waals surface area (Å²) in [5.41, 5.74) is 2.55. The molecular weight excluding hydrogens is 194 g/mol. The lowest BCUT2D eigenvalue weighted by molar-refractivity contribution is 0.613. The van der Waals surface area contributed by atoms with Gasteiger partial charge in [0.2, 0.25) is 0 Å². The van der Waals surface area contributed by atoms with Crippen molar-refractivity contribution >= 4 is 11.8 Å². The lowest BCUT2D eigenvalue weighted by Gasteiger charge is -2.25. The van der Waals surface area contributed by atoms with Crippen LogP contribution in [0.2, 0.25) is 0 Å². The number of rotatable bonds is 1. The summed E-state index contributed by atoms with van der Waals surface area (Å²) in [6.07, 6.45) is 3.07. The fourth-order valence-corrected chi connectivity index (χ4v) is 2.60. The maximum absolute atomic E-state index is 4.67. The third-order valence-electron chi connectivity index (χ3n) is 2.83. The Balaban J connectivity index is 1.92. The van der Waals surface area contributed by atoms with Crippen molar-refractivity contribution in [2.45, 2.75) is 18.9 Å². The fourth-order valence-electron chi connectivity index (χ4n) is 1.83. The summed E-state index contributed by atoms with van der Waals surface area (Å²) in [7, 11) is 0. The number of hydrogen-bond donors (Lipinski definition) is 1.